The summed E-state index contributed by atoms with van der Waals surface area (Å²) in [6.07, 6.45) is 1.82. The fraction of sp³-hybridized carbons (Fsp3) is 0.308. The molecule has 4 heteroatoms. The second-order valence-corrected chi connectivity index (χ2v) is 4.18. The van der Waals surface area contributed by atoms with Crippen LogP contribution in [0.4, 0.5) is 10.2 Å². The van der Waals surface area contributed by atoms with Crippen molar-refractivity contribution in [3.05, 3.63) is 35.1 Å². The summed E-state index contributed by atoms with van der Waals surface area (Å²) in [6, 6.07) is 5.16. The maximum Gasteiger partial charge on any atom is 0.149 e. The van der Waals surface area contributed by atoms with Crippen LogP contribution in [0.3, 0.4) is 0 Å². The number of aryl methyl sites for hydroxylation is 1. The van der Waals surface area contributed by atoms with Gasteiger partial charge in [-0.05, 0) is 25.0 Å². The Balaban J connectivity index is 2.48. The Morgan fingerprint density at radius 3 is 2.82 bits per heavy atom. The highest BCUT2D eigenvalue weighted by Gasteiger charge is 2.12. The number of halogens is 1. The predicted molar refractivity (Wildman–Crippen MR) is 67.1 cm³/mol. The predicted octanol–water partition coefficient (Wildman–Crippen LogP) is 3.06. The van der Waals surface area contributed by atoms with E-state index in [1.807, 2.05) is 6.07 Å². The Morgan fingerprint density at radius 2 is 2.18 bits per heavy atom. The number of hydrogen-bond donors (Lipinski definition) is 2. The van der Waals surface area contributed by atoms with Crippen molar-refractivity contribution in [2.75, 3.05) is 5.73 Å². The van der Waals surface area contributed by atoms with Crippen LogP contribution >= 0.6 is 0 Å². The highest BCUT2D eigenvalue weighted by molar-refractivity contribution is 5.68. The summed E-state index contributed by atoms with van der Waals surface area (Å²) in [4.78, 5) is 0. The fourth-order valence-corrected chi connectivity index (χ4v) is 1.87. The number of aromatic nitrogens is 2. The summed E-state index contributed by atoms with van der Waals surface area (Å²) < 4.78 is 13.5. The molecule has 2 aromatic rings. The van der Waals surface area contributed by atoms with Crippen molar-refractivity contribution in [3.8, 4) is 11.3 Å². The third-order valence-electron chi connectivity index (χ3n) is 2.86. The standard InChI is InChI=1S/C13H16FN3/c1-3-4-10-12(16-17-13(10)15)9-6-5-8(2)11(14)7-9/h5-7H,3-4H2,1-2H3,(H3,15,16,17). The summed E-state index contributed by atoms with van der Waals surface area (Å²) in [5, 5.41) is 6.87. The van der Waals surface area contributed by atoms with Gasteiger partial charge in [0.2, 0.25) is 0 Å². The zero-order chi connectivity index (χ0) is 12.4. The van der Waals surface area contributed by atoms with E-state index in [0.717, 1.165) is 29.7 Å². The van der Waals surface area contributed by atoms with Gasteiger partial charge in [-0.25, -0.2) is 4.39 Å². The summed E-state index contributed by atoms with van der Waals surface area (Å²) >= 11 is 0. The van der Waals surface area contributed by atoms with Crippen LogP contribution in [0.15, 0.2) is 18.2 Å². The fourth-order valence-electron chi connectivity index (χ4n) is 1.87. The molecule has 1 aromatic carbocycles. The molecule has 90 valence electrons. The van der Waals surface area contributed by atoms with Gasteiger partial charge in [0.15, 0.2) is 0 Å². The molecule has 0 aliphatic rings. The third kappa shape index (κ3) is 2.16. The van der Waals surface area contributed by atoms with Crippen LogP contribution in [0.1, 0.15) is 24.5 Å². The molecule has 1 heterocycles. The smallest absolute Gasteiger partial charge is 0.149 e. The molecule has 0 spiro atoms. The van der Waals surface area contributed by atoms with Crippen LogP contribution in [0.5, 0.6) is 0 Å². The number of aromatic amines is 1. The topological polar surface area (TPSA) is 54.7 Å². The second-order valence-electron chi connectivity index (χ2n) is 4.18. The second kappa shape index (κ2) is 4.57. The normalized spacial score (nSPS) is 10.8. The zero-order valence-electron chi connectivity index (χ0n) is 10.0. The van der Waals surface area contributed by atoms with E-state index in [2.05, 4.69) is 17.1 Å². The Hall–Kier alpha value is -1.84. The average Bonchev–Trinajstić information content (AvgIpc) is 2.66. The van der Waals surface area contributed by atoms with Gasteiger partial charge in [-0.15, -0.1) is 0 Å². The van der Waals surface area contributed by atoms with Gasteiger partial charge in [-0.1, -0.05) is 25.5 Å². The molecule has 0 radical (unpaired) electrons. The summed E-state index contributed by atoms with van der Waals surface area (Å²) in [6.45, 7) is 3.82. The first kappa shape index (κ1) is 11.6. The van der Waals surface area contributed by atoms with E-state index in [0.29, 0.717) is 11.4 Å². The summed E-state index contributed by atoms with van der Waals surface area (Å²) in [5.41, 5.74) is 9.02. The Labute approximate surface area is 99.9 Å². The molecule has 0 bridgehead atoms. The van der Waals surface area contributed by atoms with E-state index in [1.54, 1.807) is 13.0 Å². The van der Waals surface area contributed by atoms with Crippen LogP contribution in [0.2, 0.25) is 0 Å². The van der Waals surface area contributed by atoms with E-state index < -0.39 is 0 Å². The maximum atomic E-state index is 13.5. The van der Waals surface area contributed by atoms with Gasteiger partial charge in [0.25, 0.3) is 0 Å². The van der Waals surface area contributed by atoms with E-state index in [-0.39, 0.29) is 5.82 Å². The van der Waals surface area contributed by atoms with Crippen molar-refractivity contribution in [3.63, 3.8) is 0 Å². The van der Waals surface area contributed by atoms with Gasteiger partial charge in [-0.3, -0.25) is 5.10 Å². The minimum absolute atomic E-state index is 0.210. The Bertz CT molecular complexity index is 531. The van der Waals surface area contributed by atoms with E-state index in [4.69, 9.17) is 5.73 Å². The molecule has 0 saturated carbocycles. The van der Waals surface area contributed by atoms with E-state index in [9.17, 15) is 4.39 Å². The van der Waals surface area contributed by atoms with Crippen LogP contribution in [-0.4, -0.2) is 10.2 Å². The van der Waals surface area contributed by atoms with Gasteiger partial charge >= 0.3 is 0 Å². The number of nitrogens with two attached hydrogens (primary N) is 1. The molecule has 3 nitrogen and oxygen atoms in total. The number of rotatable bonds is 3. The SMILES string of the molecule is CCCc1c(N)n[nH]c1-c1ccc(C)c(F)c1. The van der Waals surface area contributed by atoms with E-state index >= 15 is 0 Å². The molecule has 0 unspecified atom stereocenters. The van der Waals surface area contributed by atoms with Gasteiger partial charge < -0.3 is 5.73 Å². The quantitative estimate of drug-likeness (QED) is 0.856. The first-order valence-electron chi connectivity index (χ1n) is 5.72. The van der Waals surface area contributed by atoms with Gasteiger partial charge in [-0.2, -0.15) is 5.10 Å². The zero-order valence-corrected chi connectivity index (χ0v) is 10.0. The van der Waals surface area contributed by atoms with Crippen molar-refractivity contribution in [1.29, 1.82) is 0 Å². The number of nitrogen functional groups attached to an aromatic ring is 1. The van der Waals surface area contributed by atoms with Crippen molar-refractivity contribution < 1.29 is 4.39 Å². The molecular formula is C13H16FN3. The number of anilines is 1. The van der Waals surface area contributed by atoms with Crippen LogP contribution < -0.4 is 5.73 Å². The lowest BCUT2D eigenvalue weighted by Gasteiger charge is -2.04. The number of H-pyrrole nitrogens is 1. The molecule has 3 N–H and O–H groups in total. The largest absolute Gasteiger partial charge is 0.382 e. The van der Waals surface area contributed by atoms with Gasteiger partial charge in [0, 0.05) is 11.1 Å². The first-order valence-corrected chi connectivity index (χ1v) is 5.72. The number of nitrogens with zero attached hydrogens (tertiary/aromatic N) is 1. The minimum atomic E-state index is -0.210. The van der Waals surface area contributed by atoms with Crippen molar-refractivity contribution in [2.45, 2.75) is 26.7 Å². The number of benzene rings is 1. The first-order chi connectivity index (χ1) is 8.13. The molecule has 0 saturated heterocycles. The molecule has 0 fully saturated rings. The average molecular weight is 233 g/mol. The highest BCUT2D eigenvalue weighted by Crippen LogP contribution is 2.27. The molecule has 2 rings (SSSR count). The molecule has 0 aliphatic carbocycles. The van der Waals surface area contributed by atoms with Crippen molar-refractivity contribution in [1.82, 2.24) is 10.2 Å². The molecule has 1 aromatic heterocycles. The molecule has 0 aliphatic heterocycles. The summed E-state index contributed by atoms with van der Waals surface area (Å²) in [5.74, 6) is 0.293. The van der Waals surface area contributed by atoms with Crippen LogP contribution in [-0.2, 0) is 6.42 Å². The van der Waals surface area contributed by atoms with Crippen LogP contribution in [0.25, 0.3) is 11.3 Å². The molecule has 17 heavy (non-hydrogen) atoms. The monoisotopic (exact) mass is 233 g/mol. The lowest BCUT2D eigenvalue weighted by Crippen LogP contribution is -1.93. The van der Waals surface area contributed by atoms with E-state index in [1.165, 1.54) is 6.07 Å². The number of nitrogens with one attached hydrogen (secondary N) is 1. The third-order valence-corrected chi connectivity index (χ3v) is 2.86. The van der Waals surface area contributed by atoms with Crippen LogP contribution in [0, 0.1) is 12.7 Å². The van der Waals surface area contributed by atoms with Crippen molar-refractivity contribution >= 4 is 5.82 Å². The lowest BCUT2D eigenvalue weighted by molar-refractivity contribution is 0.619. The Kier molecular flexibility index (Phi) is 3.13. The lowest BCUT2D eigenvalue weighted by atomic mass is 10.0. The number of hydrogen-bond acceptors (Lipinski definition) is 2. The molecular weight excluding hydrogens is 217 g/mol. The van der Waals surface area contributed by atoms with Gasteiger partial charge in [0.05, 0.1) is 5.69 Å². The Morgan fingerprint density at radius 1 is 1.41 bits per heavy atom. The minimum Gasteiger partial charge on any atom is -0.382 e. The molecule has 0 atom stereocenters. The highest BCUT2D eigenvalue weighted by atomic mass is 19.1. The van der Waals surface area contributed by atoms with Gasteiger partial charge in [0.1, 0.15) is 11.6 Å². The molecule has 0 amide bonds. The maximum absolute atomic E-state index is 13.5. The summed E-state index contributed by atoms with van der Waals surface area (Å²) in [7, 11) is 0. The van der Waals surface area contributed by atoms with Crippen molar-refractivity contribution in [2.24, 2.45) is 0 Å².